The van der Waals surface area contributed by atoms with E-state index in [0.29, 0.717) is 18.0 Å². The number of hydrogen-bond acceptors (Lipinski definition) is 5. The third kappa shape index (κ3) is 5.47. The van der Waals surface area contributed by atoms with E-state index in [2.05, 4.69) is 5.32 Å². The van der Waals surface area contributed by atoms with Crippen LogP contribution in [0.4, 0.5) is 5.69 Å². The van der Waals surface area contributed by atoms with Crippen LogP contribution in [0.25, 0.3) is 0 Å². The first kappa shape index (κ1) is 23.5. The maximum Gasteiger partial charge on any atom is 0.264 e. The molecule has 4 aromatic rings. The lowest BCUT2D eigenvalue weighted by atomic mass is 10.2. The van der Waals surface area contributed by atoms with Crippen molar-refractivity contribution in [1.29, 1.82) is 0 Å². The van der Waals surface area contributed by atoms with E-state index in [1.807, 2.05) is 47.8 Å². The summed E-state index contributed by atoms with van der Waals surface area (Å²) in [6.45, 7) is 0.532. The number of rotatable bonds is 9. The minimum atomic E-state index is -3.97. The third-order valence-electron chi connectivity index (χ3n) is 5.22. The highest BCUT2D eigenvalue weighted by molar-refractivity contribution is 7.92. The molecule has 6 nitrogen and oxygen atoms in total. The predicted molar refractivity (Wildman–Crippen MR) is 135 cm³/mol. The number of benzene rings is 3. The van der Waals surface area contributed by atoms with Crippen LogP contribution in [0, 0.1) is 0 Å². The number of nitrogens with zero attached hydrogens (tertiary/aromatic N) is 1. The molecule has 0 atom stereocenters. The van der Waals surface area contributed by atoms with E-state index in [4.69, 9.17) is 4.74 Å². The number of sulfonamides is 1. The molecule has 0 fully saturated rings. The SMILES string of the molecule is COc1ccc(N(Cc2ccccc2)S(=O)(=O)c2cccc(C(=O)NCc3cccs3)c2)cc1. The predicted octanol–water partition coefficient (Wildman–Crippen LogP) is 5.08. The Hall–Kier alpha value is -3.62. The van der Waals surface area contributed by atoms with Crippen LogP contribution in [0.15, 0.2) is 101 Å². The molecule has 1 amide bonds. The Morgan fingerprint density at radius 2 is 1.71 bits per heavy atom. The van der Waals surface area contributed by atoms with E-state index >= 15 is 0 Å². The lowest BCUT2D eigenvalue weighted by Gasteiger charge is -2.25. The Morgan fingerprint density at radius 1 is 0.941 bits per heavy atom. The maximum atomic E-state index is 13.8. The molecule has 0 unspecified atom stereocenters. The second-order valence-corrected chi connectivity index (χ2v) is 10.4. The second-order valence-electron chi connectivity index (χ2n) is 7.49. The van der Waals surface area contributed by atoms with Crippen LogP contribution < -0.4 is 14.4 Å². The van der Waals surface area contributed by atoms with Gasteiger partial charge in [0, 0.05) is 10.4 Å². The number of nitrogens with one attached hydrogen (secondary N) is 1. The van der Waals surface area contributed by atoms with Crippen LogP contribution in [0.3, 0.4) is 0 Å². The molecule has 3 aromatic carbocycles. The molecule has 8 heteroatoms. The summed E-state index contributed by atoms with van der Waals surface area (Å²) in [5.74, 6) is 0.301. The molecule has 0 spiro atoms. The summed E-state index contributed by atoms with van der Waals surface area (Å²) in [4.78, 5) is 13.8. The lowest BCUT2D eigenvalue weighted by molar-refractivity contribution is 0.0951. The van der Waals surface area contributed by atoms with Gasteiger partial charge >= 0.3 is 0 Å². The summed E-state index contributed by atoms with van der Waals surface area (Å²) in [6.07, 6.45) is 0. The molecule has 0 aliphatic carbocycles. The van der Waals surface area contributed by atoms with E-state index in [0.717, 1.165) is 10.4 Å². The number of ether oxygens (including phenoxy) is 1. The molecule has 1 heterocycles. The fourth-order valence-corrected chi connectivity index (χ4v) is 5.56. The van der Waals surface area contributed by atoms with E-state index < -0.39 is 10.0 Å². The van der Waals surface area contributed by atoms with Gasteiger partial charge in [0.2, 0.25) is 0 Å². The van der Waals surface area contributed by atoms with Gasteiger partial charge in [-0.3, -0.25) is 9.10 Å². The minimum Gasteiger partial charge on any atom is -0.497 e. The van der Waals surface area contributed by atoms with E-state index in [1.54, 1.807) is 54.8 Å². The molecule has 1 N–H and O–H groups in total. The van der Waals surface area contributed by atoms with Gasteiger partial charge in [-0.05, 0) is 59.5 Å². The van der Waals surface area contributed by atoms with Crippen molar-refractivity contribution in [1.82, 2.24) is 5.32 Å². The molecular weight excluding hydrogens is 468 g/mol. The molecule has 4 rings (SSSR count). The van der Waals surface area contributed by atoms with Gasteiger partial charge < -0.3 is 10.1 Å². The first-order valence-corrected chi connectivity index (χ1v) is 12.9. The highest BCUT2D eigenvalue weighted by Gasteiger charge is 2.26. The first-order chi connectivity index (χ1) is 16.5. The number of carbonyl (C=O) groups excluding carboxylic acids is 1. The second kappa shape index (κ2) is 10.5. The first-order valence-electron chi connectivity index (χ1n) is 10.6. The van der Waals surface area contributed by atoms with E-state index in [-0.39, 0.29) is 22.9 Å². The molecule has 0 radical (unpaired) electrons. The summed E-state index contributed by atoms with van der Waals surface area (Å²) >= 11 is 1.55. The molecule has 0 aliphatic heterocycles. The topological polar surface area (TPSA) is 75.7 Å². The minimum absolute atomic E-state index is 0.0445. The Labute approximate surface area is 203 Å². The largest absolute Gasteiger partial charge is 0.497 e. The highest BCUT2D eigenvalue weighted by atomic mass is 32.2. The summed E-state index contributed by atoms with van der Waals surface area (Å²) in [7, 11) is -2.41. The zero-order chi connectivity index (χ0) is 24.0. The van der Waals surface area contributed by atoms with Crippen molar-refractivity contribution in [2.45, 2.75) is 18.0 Å². The zero-order valence-corrected chi connectivity index (χ0v) is 20.2. The molecule has 174 valence electrons. The van der Waals surface area contributed by atoms with Crippen molar-refractivity contribution in [3.05, 3.63) is 112 Å². The van der Waals surface area contributed by atoms with Gasteiger partial charge in [0.15, 0.2) is 0 Å². The summed E-state index contributed by atoms with van der Waals surface area (Å²) < 4.78 is 34.1. The van der Waals surface area contributed by atoms with Crippen molar-refractivity contribution in [2.75, 3.05) is 11.4 Å². The van der Waals surface area contributed by atoms with Crippen molar-refractivity contribution < 1.29 is 17.9 Å². The summed E-state index contributed by atoms with van der Waals surface area (Å²) in [6, 6.07) is 26.2. The molecule has 34 heavy (non-hydrogen) atoms. The number of methoxy groups -OCH3 is 1. The Balaban J connectivity index is 1.65. The fourth-order valence-electron chi connectivity index (χ4n) is 3.42. The average Bonchev–Trinajstić information content (AvgIpc) is 3.40. The number of anilines is 1. The van der Waals surface area contributed by atoms with Crippen LogP contribution in [-0.4, -0.2) is 21.4 Å². The Kier molecular flexibility index (Phi) is 7.30. The number of amides is 1. The van der Waals surface area contributed by atoms with Crippen molar-refractivity contribution >= 4 is 33.0 Å². The van der Waals surface area contributed by atoms with Crippen LogP contribution >= 0.6 is 11.3 Å². The fraction of sp³-hybridized carbons (Fsp3) is 0.115. The lowest BCUT2D eigenvalue weighted by Crippen LogP contribution is -2.31. The van der Waals surface area contributed by atoms with Gasteiger partial charge in [0.25, 0.3) is 15.9 Å². The van der Waals surface area contributed by atoms with Gasteiger partial charge in [-0.15, -0.1) is 11.3 Å². The standard InChI is InChI=1S/C26H24N2O4S2/c1-32-23-14-12-22(13-15-23)28(19-20-7-3-2-4-8-20)34(30,31)25-11-5-9-21(17-25)26(29)27-18-24-10-6-16-33-24/h2-17H,18-19H2,1H3,(H,27,29). The van der Waals surface area contributed by atoms with Crippen molar-refractivity contribution in [3.8, 4) is 5.75 Å². The highest BCUT2D eigenvalue weighted by Crippen LogP contribution is 2.28. The van der Waals surface area contributed by atoms with E-state index in [1.165, 1.54) is 16.4 Å². The average molecular weight is 493 g/mol. The number of carbonyl (C=O) groups is 1. The Morgan fingerprint density at radius 3 is 2.38 bits per heavy atom. The monoisotopic (exact) mass is 492 g/mol. The molecule has 0 aliphatic rings. The maximum absolute atomic E-state index is 13.8. The molecule has 1 aromatic heterocycles. The van der Waals surface area contributed by atoms with Crippen LogP contribution in [-0.2, 0) is 23.1 Å². The van der Waals surface area contributed by atoms with Gasteiger partial charge in [-0.25, -0.2) is 8.42 Å². The normalized spacial score (nSPS) is 11.1. The number of hydrogen-bond donors (Lipinski definition) is 1. The van der Waals surface area contributed by atoms with Crippen LogP contribution in [0.1, 0.15) is 20.8 Å². The quantitative estimate of drug-likeness (QED) is 0.353. The zero-order valence-electron chi connectivity index (χ0n) is 18.5. The number of thiophene rings is 1. The van der Waals surface area contributed by atoms with Crippen molar-refractivity contribution in [2.24, 2.45) is 0 Å². The van der Waals surface area contributed by atoms with Crippen LogP contribution in [0.2, 0.25) is 0 Å². The molecule has 0 saturated heterocycles. The Bertz CT molecular complexity index is 1340. The summed E-state index contributed by atoms with van der Waals surface area (Å²) in [5.41, 5.74) is 1.62. The molecule has 0 bridgehead atoms. The smallest absolute Gasteiger partial charge is 0.264 e. The van der Waals surface area contributed by atoms with Gasteiger partial charge in [-0.2, -0.15) is 0 Å². The molecule has 0 saturated carbocycles. The third-order valence-corrected chi connectivity index (χ3v) is 7.86. The van der Waals surface area contributed by atoms with Gasteiger partial charge in [0.1, 0.15) is 5.75 Å². The van der Waals surface area contributed by atoms with E-state index in [9.17, 15) is 13.2 Å². The van der Waals surface area contributed by atoms with Gasteiger partial charge in [0.05, 0.1) is 30.8 Å². The van der Waals surface area contributed by atoms with Crippen LogP contribution in [0.5, 0.6) is 5.75 Å². The summed E-state index contributed by atoms with van der Waals surface area (Å²) in [5, 5.41) is 4.78. The van der Waals surface area contributed by atoms with Crippen molar-refractivity contribution in [3.63, 3.8) is 0 Å². The van der Waals surface area contributed by atoms with Gasteiger partial charge in [-0.1, -0.05) is 42.5 Å². The molecular formula is C26H24N2O4S2.